The zero-order valence-electron chi connectivity index (χ0n) is 38.1. The van der Waals surface area contributed by atoms with Gasteiger partial charge >= 0.3 is 11.9 Å². The second-order valence-corrected chi connectivity index (χ2v) is 16.4. The molecule has 0 aromatic heterocycles. The number of allylic oxidation sites excluding steroid dienone is 14. The molecule has 0 saturated heterocycles. The molecule has 0 fully saturated rings. The number of hydrogen-bond acceptors (Lipinski definition) is 7. The average Bonchev–Trinajstić information content (AvgIpc) is 3.19. The number of carbonyl (C=O) groups is 3. The maximum Gasteiger partial charge on any atom is 0.306 e. The number of ether oxygens (including phenoxy) is 3. The Morgan fingerprint density at radius 2 is 1.00 bits per heavy atom. The average molecular weight is 824 g/mol. The first-order valence-electron chi connectivity index (χ1n) is 23.2. The number of nitrogens with zero attached hydrogens (tertiary/aromatic N) is 1. The molecule has 0 saturated carbocycles. The lowest BCUT2D eigenvalue weighted by Crippen LogP contribution is -2.55. The Kier molecular flexibility index (Phi) is 38.8. The summed E-state index contributed by atoms with van der Waals surface area (Å²) in [6, 6.07) is -0.737. The van der Waals surface area contributed by atoms with Crippen LogP contribution in [0.4, 0.5) is 0 Å². The van der Waals surface area contributed by atoms with Gasteiger partial charge in [0.2, 0.25) is 0 Å². The summed E-state index contributed by atoms with van der Waals surface area (Å²) in [4.78, 5) is 36.9. The van der Waals surface area contributed by atoms with Crippen molar-refractivity contribution >= 4 is 17.9 Å². The van der Waals surface area contributed by atoms with E-state index < -0.39 is 18.1 Å². The van der Waals surface area contributed by atoms with Crippen LogP contribution in [0.2, 0.25) is 0 Å². The lowest BCUT2D eigenvalue weighted by atomic mass is 10.1. The first-order valence-corrected chi connectivity index (χ1v) is 23.2. The molecule has 0 aliphatic carbocycles. The Labute approximate surface area is 361 Å². The number of carboxylic acid groups (broad SMARTS) is 1. The second-order valence-electron chi connectivity index (χ2n) is 16.4. The predicted octanol–water partition coefficient (Wildman–Crippen LogP) is 11.6. The SMILES string of the molecule is CCC/C=C/C=C/C=C/C=C/C=C/CCCCCCCC(=O)OC(COCCC(C(=O)[O-])[N+](C)(C)C)COC(=O)CCCCCCCCC/C=C/C/C=C/CCCCC. The molecule has 0 N–H and O–H groups in total. The van der Waals surface area contributed by atoms with E-state index in [9.17, 15) is 19.5 Å². The smallest absolute Gasteiger partial charge is 0.306 e. The molecule has 0 heterocycles. The van der Waals surface area contributed by atoms with Crippen LogP contribution in [0.3, 0.4) is 0 Å². The second kappa shape index (κ2) is 41.3. The minimum absolute atomic E-state index is 0.0225. The first kappa shape index (κ1) is 55.5. The topological polar surface area (TPSA) is 102 Å². The number of rotatable bonds is 40. The molecule has 0 rings (SSSR count). The van der Waals surface area contributed by atoms with Gasteiger partial charge in [-0.25, -0.2) is 0 Å². The Morgan fingerprint density at radius 3 is 1.53 bits per heavy atom. The predicted molar refractivity (Wildman–Crippen MR) is 245 cm³/mol. The van der Waals surface area contributed by atoms with E-state index in [1.807, 2.05) is 36.5 Å². The maximum absolute atomic E-state index is 12.7. The molecule has 2 unspecified atom stereocenters. The number of quaternary nitrogens is 1. The van der Waals surface area contributed by atoms with Crippen LogP contribution in [0.5, 0.6) is 0 Å². The van der Waals surface area contributed by atoms with Crippen LogP contribution in [-0.2, 0) is 28.6 Å². The molecule has 0 aromatic carbocycles. The number of likely N-dealkylation sites (N-methyl/N-ethyl adjacent to an activating group) is 1. The van der Waals surface area contributed by atoms with E-state index in [0.717, 1.165) is 77.0 Å². The molecule has 0 aliphatic heterocycles. The van der Waals surface area contributed by atoms with Gasteiger partial charge in [-0.3, -0.25) is 9.59 Å². The highest BCUT2D eigenvalue weighted by atomic mass is 16.6. The highest BCUT2D eigenvalue weighted by molar-refractivity contribution is 5.70. The summed E-state index contributed by atoms with van der Waals surface area (Å²) in [6.45, 7) is 4.50. The summed E-state index contributed by atoms with van der Waals surface area (Å²) in [7, 11) is 5.39. The van der Waals surface area contributed by atoms with Crippen molar-refractivity contribution in [3.8, 4) is 0 Å². The van der Waals surface area contributed by atoms with Crippen LogP contribution >= 0.6 is 0 Å². The van der Waals surface area contributed by atoms with Crippen molar-refractivity contribution < 1.29 is 38.2 Å². The number of hydrogen-bond donors (Lipinski definition) is 0. The Hall–Kier alpha value is -3.49. The molecule has 0 aliphatic rings. The van der Waals surface area contributed by atoms with E-state index in [2.05, 4.69) is 62.5 Å². The molecule has 0 aromatic rings. The van der Waals surface area contributed by atoms with Gasteiger partial charge in [0, 0.05) is 19.3 Å². The zero-order chi connectivity index (χ0) is 43.5. The fourth-order valence-electron chi connectivity index (χ4n) is 6.25. The van der Waals surface area contributed by atoms with Gasteiger partial charge in [0.15, 0.2) is 6.10 Å². The van der Waals surface area contributed by atoms with Gasteiger partial charge in [-0.1, -0.05) is 170 Å². The number of esters is 2. The molecule has 0 amide bonds. The molecular weight excluding hydrogens is 739 g/mol. The third-order valence-electron chi connectivity index (χ3n) is 9.86. The van der Waals surface area contributed by atoms with Crippen molar-refractivity contribution in [2.24, 2.45) is 0 Å². The monoisotopic (exact) mass is 824 g/mol. The van der Waals surface area contributed by atoms with E-state index in [0.29, 0.717) is 6.42 Å². The number of aliphatic carboxylic acids is 1. The molecule has 8 heteroatoms. The first-order chi connectivity index (χ1) is 28.6. The number of carboxylic acids is 1. The van der Waals surface area contributed by atoms with Crippen molar-refractivity contribution in [3.05, 3.63) is 85.1 Å². The zero-order valence-corrected chi connectivity index (χ0v) is 38.1. The molecule has 336 valence electrons. The summed E-state index contributed by atoms with van der Waals surface area (Å²) in [5.41, 5.74) is 0. The van der Waals surface area contributed by atoms with Crippen molar-refractivity contribution in [2.45, 2.75) is 180 Å². The number of carbonyl (C=O) groups excluding carboxylic acids is 3. The van der Waals surface area contributed by atoms with Crippen molar-refractivity contribution in [1.29, 1.82) is 0 Å². The van der Waals surface area contributed by atoms with Gasteiger partial charge in [-0.05, 0) is 64.2 Å². The van der Waals surface area contributed by atoms with E-state index in [-0.39, 0.29) is 49.1 Å². The lowest BCUT2D eigenvalue weighted by molar-refractivity contribution is -0.889. The van der Waals surface area contributed by atoms with E-state index in [1.54, 1.807) is 21.1 Å². The fourth-order valence-corrected chi connectivity index (χ4v) is 6.25. The van der Waals surface area contributed by atoms with Crippen LogP contribution in [-0.4, -0.2) is 75.5 Å². The van der Waals surface area contributed by atoms with Crippen molar-refractivity contribution in [1.82, 2.24) is 0 Å². The summed E-state index contributed by atoms with van der Waals surface area (Å²) in [6.07, 6.45) is 53.1. The van der Waals surface area contributed by atoms with Crippen LogP contribution in [0.1, 0.15) is 168 Å². The van der Waals surface area contributed by atoms with Crippen molar-refractivity contribution in [2.75, 3.05) is 41.0 Å². The highest BCUT2D eigenvalue weighted by Gasteiger charge is 2.25. The quantitative estimate of drug-likeness (QED) is 0.0199. The Balaban J connectivity index is 4.41. The normalized spacial score (nSPS) is 13.7. The standard InChI is InChI=1S/C51H85NO7/c1-6-8-10-12-14-16-18-20-22-24-26-28-30-32-34-36-38-40-42-50(54)59-47(45-57-44-43-48(51(55)56)52(3,4)5)46-58-49(53)41-39-37-35-33-31-29-27-25-23-21-19-17-15-13-11-9-7-2/h10,12,14-18,20-24,26,28,47-48H,6-9,11,13,19,25,27,29-46H2,1-5H3/b12-10+,16-14+,17-15+,20-18+,23-21+,24-22+,28-26+. The maximum atomic E-state index is 12.7. The summed E-state index contributed by atoms with van der Waals surface area (Å²) in [5, 5.41) is 11.6. The van der Waals surface area contributed by atoms with E-state index in [4.69, 9.17) is 14.2 Å². The van der Waals surface area contributed by atoms with Crippen LogP contribution in [0.25, 0.3) is 0 Å². The molecule has 0 radical (unpaired) electrons. The van der Waals surface area contributed by atoms with Crippen LogP contribution in [0.15, 0.2) is 85.1 Å². The van der Waals surface area contributed by atoms with Crippen molar-refractivity contribution in [3.63, 3.8) is 0 Å². The largest absolute Gasteiger partial charge is 0.544 e. The molecule has 8 nitrogen and oxygen atoms in total. The Bertz CT molecular complexity index is 1240. The summed E-state index contributed by atoms with van der Waals surface area (Å²) in [5.74, 6) is -1.79. The summed E-state index contributed by atoms with van der Waals surface area (Å²) < 4.78 is 17.2. The lowest BCUT2D eigenvalue weighted by Gasteiger charge is -2.34. The minimum atomic E-state index is -1.13. The molecule has 0 bridgehead atoms. The van der Waals surface area contributed by atoms with Gasteiger partial charge in [0.1, 0.15) is 12.6 Å². The van der Waals surface area contributed by atoms with Gasteiger partial charge in [-0.2, -0.15) is 0 Å². The molecular formula is C51H85NO7. The molecule has 2 atom stereocenters. The highest BCUT2D eigenvalue weighted by Crippen LogP contribution is 2.13. The third-order valence-corrected chi connectivity index (χ3v) is 9.86. The van der Waals surface area contributed by atoms with Crippen LogP contribution in [0, 0.1) is 0 Å². The van der Waals surface area contributed by atoms with Gasteiger partial charge in [0.25, 0.3) is 0 Å². The molecule has 59 heavy (non-hydrogen) atoms. The Morgan fingerprint density at radius 1 is 0.525 bits per heavy atom. The van der Waals surface area contributed by atoms with Crippen LogP contribution < -0.4 is 5.11 Å². The van der Waals surface area contributed by atoms with Gasteiger partial charge < -0.3 is 28.6 Å². The summed E-state index contributed by atoms with van der Waals surface area (Å²) >= 11 is 0. The third kappa shape index (κ3) is 39.7. The minimum Gasteiger partial charge on any atom is -0.544 e. The van der Waals surface area contributed by atoms with Gasteiger partial charge in [-0.15, -0.1) is 0 Å². The fraction of sp³-hybridized carbons (Fsp3) is 0.667. The molecule has 0 spiro atoms. The van der Waals surface area contributed by atoms with Gasteiger partial charge in [0.05, 0.1) is 40.3 Å². The van der Waals surface area contributed by atoms with E-state index >= 15 is 0 Å². The number of unbranched alkanes of at least 4 members (excludes halogenated alkanes) is 16. The van der Waals surface area contributed by atoms with E-state index in [1.165, 1.54) is 57.8 Å².